The highest BCUT2D eigenvalue weighted by atomic mass is 16.5. The molecule has 0 atom stereocenters. The van der Waals surface area contributed by atoms with E-state index in [0.717, 1.165) is 14.9 Å². The van der Waals surface area contributed by atoms with Crippen molar-refractivity contribution in [2.75, 3.05) is 0 Å². The number of para-hydroxylation sites is 1. The Labute approximate surface area is 121 Å². The fraction of sp³-hybridized carbons (Fsp3) is 0.214. The van der Waals surface area contributed by atoms with Gasteiger partial charge in [0, 0.05) is 7.05 Å². The fourth-order valence-electron chi connectivity index (χ4n) is 1.88. The maximum atomic E-state index is 11.9. The van der Waals surface area contributed by atoms with Crippen molar-refractivity contribution in [3.63, 3.8) is 0 Å². The van der Waals surface area contributed by atoms with Crippen molar-refractivity contribution < 1.29 is 10.5 Å². The lowest BCUT2D eigenvalue weighted by Crippen LogP contribution is -2.22. The fourth-order valence-corrected chi connectivity index (χ4v) is 1.88. The van der Waals surface area contributed by atoms with Gasteiger partial charge in [0.2, 0.25) is 5.88 Å². The molecule has 0 fully saturated rings. The van der Waals surface area contributed by atoms with Crippen molar-refractivity contribution in [2.24, 2.45) is 7.05 Å². The average molecular weight is 288 g/mol. The van der Waals surface area contributed by atoms with Crippen LogP contribution in [-0.2, 0) is 13.7 Å². The number of benzene rings is 1. The summed E-state index contributed by atoms with van der Waals surface area (Å²) >= 11 is 0. The number of hydrogen-bond donors (Lipinski definition) is 0. The van der Waals surface area contributed by atoms with Crippen LogP contribution >= 0.6 is 0 Å². The van der Waals surface area contributed by atoms with Crippen LogP contribution in [0.4, 0.5) is 0 Å². The zero-order chi connectivity index (χ0) is 15.7. The number of tetrazole rings is 1. The van der Waals surface area contributed by atoms with E-state index in [9.17, 15) is 4.79 Å². The maximum absolute atomic E-state index is 11.9. The predicted octanol–water partition coefficient (Wildman–Crippen LogP) is 1.45. The highest BCUT2D eigenvalue weighted by Crippen LogP contribution is 2.20. The van der Waals surface area contributed by atoms with Gasteiger partial charge in [0.1, 0.15) is 12.4 Å². The third-order valence-corrected chi connectivity index (χ3v) is 3.04. The minimum Gasteiger partial charge on any atom is -0.488 e. The van der Waals surface area contributed by atoms with Crippen LogP contribution in [0.1, 0.15) is 12.5 Å². The first-order valence-corrected chi connectivity index (χ1v) is 6.32. The Morgan fingerprint density at radius 3 is 2.95 bits per heavy atom. The molecular formula is C14H14N4O3. The Balaban J connectivity index is 1.84. The van der Waals surface area contributed by atoms with Crippen LogP contribution in [0.15, 0.2) is 45.8 Å². The molecule has 0 aliphatic heterocycles. The molecular weight excluding hydrogens is 272 g/mol. The quantitative estimate of drug-likeness (QED) is 0.726. The molecule has 0 amide bonds. The number of aromatic nitrogens is 4. The topological polar surface area (TPSA) is 75.1 Å². The lowest BCUT2D eigenvalue weighted by Gasteiger charge is -2.08. The average Bonchev–Trinajstić information content (AvgIpc) is 3.06. The standard InChI is InChI=1S/C14H14N4O3/c1-10-5-3-4-6-12(10)21-9-11-7-8-20-13(11)18-14(19)17(2)15-16-18/h3-8H,9H2,1-2H3/i3T. The Bertz CT molecular complexity index is 865. The molecule has 7 heteroatoms. The van der Waals surface area contributed by atoms with Crippen molar-refractivity contribution in [3.05, 3.63) is 58.2 Å². The van der Waals surface area contributed by atoms with Gasteiger partial charge >= 0.3 is 5.69 Å². The van der Waals surface area contributed by atoms with Crippen molar-refractivity contribution >= 4 is 0 Å². The molecule has 0 radical (unpaired) electrons. The number of ether oxygens (including phenoxy) is 1. The summed E-state index contributed by atoms with van der Waals surface area (Å²) < 4.78 is 20.8. The number of furan rings is 1. The van der Waals surface area contributed by atoms with Crippen LogP contribution in [-0.4, -0.2) is 19.8 Å². The van der Waals surface area contributed by atoms with Gasteiger partial charge in [-0.3, -0.25) is 0 Å². The van der Waals surface area contributed by atoms with Crippen LogP contribution < -0.4 is 10.4 Å². The minimum atomic E-state index is -0.397. The number of rotatable bonds is 4. The Morgan fingerprint density at radius 2 is 2.24 bits per heavy atom. The first-order chi connectivity index (χ1) is 10.6. The van der Waals surface area contributed by atoms with Crippen LogP contribution in [0, 0.1) is 6.92 Å². The molecule has 1 aromatic carbocycles. The molecule has 2 aromatic heterocycles. The molecule has 21 heavy (non-hydrogen) atoms. The molecule has 0 saturated heterocycles. The van der Waals surface area contributed by atoms with Gasteiger partial charge in [-0.15, -0.1) is 4.68 Å². The first kappa shape index (κ1) is 12.0. The van der Waals surface area contributed by atoms with Crippen molar-refractivity contribution in [2.45, 2.75) is 13.5 Å². The number of aryl methyl sites for hydroxylation is 2. The second-order valence-electron chi connectivity index (χ2n) is 4.53. The summed E-state index contributed by atoms with van der Waals surface area (Å²) in [6.07, 6.45) is 1.47. The maximum Gasteiger partial charge on any atom is 0.370 e. The predicted molar refractivity (Wildman–Crippen MR) is 74.4 cm³/mol. The van der Waals surface area contributed by atoms with Gasteiger partial charge in [0.05, 0.1) is 13.2 Å². The van der Waals surface area contributed by atoms with E-state index in [-0.39, 0.29) is 12.5 Å². The van der Waals surface area contributed by atoms with E-state index in [1.807, 2.05) is 6.92 Å². The van der Waals surface area contributed by atoms with E-state index in [0.29, 0.717) is 17.4 Å². The lowest BCUT2D eigenvalue weighted by atomic mass is 10.2. The monoisotopic (exact) mass is 288 g/mol. The number of hydrogen-bond acceptors (Lipinski definition) is 5. The smallest absolute Gasteiger partial charge is 0.370 e. The summed E-state index contributed by atoms with van der Waals surface area (Å²) in [4.78, 5) is 11.9. The third-order valence-electron chi connectivity index (χ3n) is 3.04. The zero-order valence-electron chi connectivity index (χ0n) is 12.6. The van der Waals surface area contributed by atoms with Gasteiger partial charge in [0.15, 0.2) is 0 Å². The summed E-state index contributed by atoms with van der Waals surface area (Å²) in [6, 6.07) is 7.26. The lowest BCUT2D eigenvalue weighted by molar-refractivity contribution is 0.301. The molecule has 108 valence electrons. The Kier molecular flexibility index (Phi) is 3.00. The second-order valence-corrected chi connectivity index (χ2v) is 4.53. The molecule has 0 bridgehead atoms. The second kappa shape index (κ2) is 5.28. The summed E-state index contributed by atoms with van der Waals surface area (Å²) in [7, 11) is 1.51. The van der Waals surface area contributed by atoms with Crippen LogP contribution in [0.5, 0.6) is 5.75 Å². The molecule has 0 N–H and O–H groups in total. The summed E-state index contributed by atoms with van der Waals surface area (Å²) in [5, 5.41) is 7.40. The highest BCUT2D eigenvalue weighted by Gasteiger charge is 2.15. The van der Waals surface area contributed by atoms with E-state index >= 15 is 0 Å². The summed E-state index contributed by atoms with van der Waals surface area (Å²) in [5.41, 5.74) is 1.15. The molecule has 7 nitrogen and oxygen atoms in total. The molecule has 0 aliphatic carbocycles. The number of nitrogens with zero attached hydrogens (tertiary/aromatic N) is 4. The van der Waals surface area contributed by atoms with Gasteiger partial charge in [-0.2, -0.15) is 4.68 Å². The molecule has 2 heterocycles. The van der Waals surface area contributed by atoms with Crippen LogP contribution in [0.2, 0.25) is 0 Å². The van der Waals surface area contributed by atoms with Crippen LogP contribution in [0.25, 0.3) is 5.88 Å². The molecule has 0 saturated carbocycles. The van der Waals surface area contributed by atoms with Crippen molar-refractivity contribution in [1.29, 1.82) is 0 Å². The van der Waals surface area contributed by atoms with E-state index in [1.54, 1.807) is 24.3 Å². The molecule has 0 aliphatic rings. The van der Waals surface area contributed by atoms with E-state index < -0.39 is 5.69 Å². The SMILES string of the molecule is [3H]c1ccc(OCc2ccoc2-n2nnn(C)c2=O)c(C)c1. The Hall–Kier alpha value is -2.83. The summed E-state index contributed by atoms with van der Waals surface area (Å²) in [6.45, 7) is 2.09. The molecule has 3 rings (SSSR count). The van der Waals surface area contributed by atoms with Crippen LogP contribution in [0.3, 0.4) is 0 Å². The van der Waals surface area contributed by atoms with Gasteiger partial charge in [-0.25, -0.2) is 4.79 Å². The van der Waals surface area contributed by atoms with Gasteiger partial charge in [-0.1, -0.05) is 18.2 Å². The largest absolute Gasteiger partial charge is 0.488 e. The van der Waals surface area contributed by atoms with E-state index in [2.05, 4.69) is 10.4 Å². The van der Waals surface area contributed by atoms with E-state index in [4.69, 9.17) is 10.5 Å². The van der Waals surface area contributed by atoms with Crippen molar-refractivity contribution in [1.82, 2.24) is 19.8 Å². The summed E-state index contributed by atoms with van der Waals surface area (Å²) in [5.74, 6) is 0.961. The normalized spacial score (nSPS) is 11.4. The van der Waals surface area contributed by atoms with E-state index in [1.165, 1.54) is 13.3 Å². The third kappa shape index (κ3) is 2.45. The van der Waals surface area contributed by atoms with Gasteiger partial charge in [-0.05, 0) is 35.0 Å². The zero-order valence-corrected chi connectivity index (χ0v) is 11.6. The molecule has 0 unspecified atom stereocenters. The molecule has 0 spiro atoms. The van der Waals surface area contributed by atoms with Crippen molar-refractivity contribution in [3.8, 4) is 11.6 Å². The first-order valence-electron chi connectivity index (χ1n) is 6.82. The molecule has 3 aromatic rings. The van der Waals surface area contributed by atoms with Gasteiger partial charge in [0.25, 0.3) is 0 Å². The highest BCUT2D eigenvalue weighted by molar-refractivity contribution is 5.33. The minimum absolute atomic E-state index is 0.215. The Morgan fingerprint density at radius 1 is 1.38 bits per heavy atom. The van der Waals surface area contributed by atoms with Gasteiger partial charge < -0.3 is 9.15 Å².